The number of imidazole rings is 1. The second-order valence-corrected chi connectivity index (χ2v) is 10.1. The summed E-state index contributed by atoms with van der Waals surface area (Å²) in [6.45, 7) is 12.7. The second kappa shape index (κ2) is 10.9. The number of hydrogen-bond donors (Lipinski definition) is 0. The molecule has 0 fully saturated rings. The van der Waals surface area contributed by atoms with Crippen LogP contribution in [-0.4, -0.2) is 16.2 Å². The number of ether oxygens (including phenoxy) is 1. The van der Waals surface area contributed by atoms with Gasteiger partial charge in [-0.1, -0.05) is 63.2 Å². The molecule has 0 bridgehead atoms. The molecule has 4 rings (SSSR count). The van der Waals surface area contributed by atoms with Gasteiger partial charge in [0, 0.05) is 12.5 Å². The third kappa shape index (κ3) is 5.88. The molecule has 3 aromatic carbocycles. The third-order valence-electron chi connectivity index (χ3n) is 6.44. The lowest BCUT2D eigenvalue weighted by atomic mass is 9.96. The first kappa shape index (κ1) is 24.1. The molecule has 178 valence electrons. The van der Waals surface area contributed by atoms with Crippen LogP contribution in [-0.2, 0) is 13.0 Å². The Kier molecular flexibility index (Phi) is 7.72. The first-order valence-corrected chi connectivity index (χ1v) is 12.7. The van der Waals surface area contributed by atoms with Gasteiger partial charge in [-0.3, -0.25) is 0 Å². The molecule has 0 spiro atoms. The lowest BCUT2D eigenvalue weighted by Crippen LogP contribution is -2.10. The van der Waals surface area contributed by atoms with Crippen molar-refractivity contribution in [3.8, 4) is 5.75 Å². The quantitative estimate of drug-likeness (QED) is 0.228. The largest absolute Gasteiger partial charge is 0.494 e. The summed E-state index contributed by atoms with van der Waals surface area (Å²) < 4.78 is 8.45. The minimum absolute atomic E-state index is 0.243. The van der Waals surface area contributed by atoms with Crippen molar-refractivity contribution in [3.05, 3.63) is 94.8 Å². The summed E-state index contributed by atoms with van der Waals surface area (Å²) >= 11 is 0. The van der Waals surface area contributed by atoms with Crippen molar-refractivity contribution in [2.75, 3.05) is 6.61 Å². The maximum Gasteiger partial charge on any atom is 0.119 e. The number of aromatic nitrogens is 2. The molecule has 1 aromatic heterocycles. The Morgan fingerprint density at radius 2 is 1.56 bits per heavy atom. The van der Waals surface area contributed by atoms with Crippen LogP contribution in [0.1, 0.15) is 67.6 Å². The number of aryl methyl sites for hydroxylation is 3. The number of nitrogens with zero attached hydrogens (tertiary/aromatic N) is 2. The van der Waals surface area contributed by atoms with Gasteiger partial charge in [-0.05, 0) is 85.5 Å². The normalized spacial score (nSPS) is 12.4. The number of unbranched alkanes of at least 4 members (excludes halogenated alkanes) is 1. The molecule has 0 aliphatic heterocycles. The third-order valence-corrected chi connectivity index (χ3v) is 6.44. The smallest absolute Gasteiger partial charge is 0.119 e. The first-order valence-electron chi connectivity index (χ1n) is 12.7. The molecule has 0 aliphatic rings. The number of rotatable bonds is 10. The van der Waals surface area contributed by atoms with E-state index in [1.54, 1.807) is 0 Å². The van der Waals surface area contributed by atoms with Gasteiger partial charge in [0.2, 0.25) is 0 Å². The van der Waals surface area contributed by atoms with E-state index in [0.29, 0.717) is 5.92 Å². The van der Waals surface area contributed by atoms with Gasteiger partial charge in [0.15, 0.2) is 0 Å². The lowest BCUT2D eigenvalue weighted by Gasteiger charge is -2.16. The number of fused-ring (bicyclic) bond motifs is 1. The average molecular weight is 455 g/mol. The van der Waals surface area contributed by atoms with E-state index >= 15 is 0 Å². The van der Waals surface area contributed by atoms with E-state index in [9.17, 15) is 0 Å². The molecular weight excluding hydrogens is 416 g/mol. The molecule has 1 unspecified atom stereocenters. The molecule has 0 saturated carbocycles. The Bertz CT molecular complexity index is 1200. The monoisotopic (exact) mass is 454 g/mol. The van der Waals surface area contributed by atoms with Crippen LogP contribution >= 0.6 is 0 Å². The van der Waals surface area contributed by atoms with Crippen LogP contribution in [0.2, 0.25) is 0 Å². The molecule has 1 atom stereocenters. The number of para-hydroxylation sites is 2. The van der Waals surface area contributed by atoms with Gasteiger partial charge in [-0.2, -0.15) is 0 Å². The molecule has 4 aromatic rings. The van der Waals surface area contributed by atoms with E-state index in [0.717, 1.165) is 49.5 Å². The Morgan fingerprint density at radius 1 is 0.853 bits per heavy atom. The summed E-state index contributed by atoms with van der Waals surface area (Å²) in [7, 11) is 0. The van der Waals surface area contributed by atoms with Crippen molar-refractivity contribution in [2.45, 2.75) is 66.3 Å². The Labute approximate surface area is 204 Å². The van der Waals surface area contributed by atoms with Crippen LogP contribution in [0.5, 0.6) is 5.75 Å². The van der Waals surface area contributed by atoms with E-state index in [4.69, 9.17) is 9.72 Å². The summed E-state index contributed by atoms with van der Waals surface area (Å²) in [6, 6.07) is 24.0. The van der Waals surface area contributed by atoms with Crippen molar-refractivity contribution >= 4 is 11.0 Å². The Hall–Kier alpha value is -3.07. The highest BCUT2D eigenvalue weighted by molar-refractivity contribution is 5.76. The molecule has 0 amide bonds. The second-order valence-electron chi connectivity index (χ2n) is 10.1. The number of benzene rings is 3. The summed E-state index contributed by atoms with van der Waals surface area (Å²) in [5, 5.41) is 0. The zero-order valence-corrected chi connectivity index (χ0v) is 21.3. The molecular formula is C31H38N2O. The predicted molar refractivity (Wildman–Crippen MR) is 143 cm³/mol. The molecule has 0 radical (unpaired) electrons. The van der Waals surface area contributed by atoms with Crippen molar-refractivity contribution < 1.29 is 4.74 Å². The van der Waals surface area contributed by atoms with Crippen LogP contribution in [0, 0.1) is 19.8 Å². The van der Waals surface area contributed by atoms with Crippen molar-refractivity contribution in [1.29, 1.82) is 0 Å². The zero-order chi connectivity index (χ0) is 24.1. The van der Waals surface area contributed by atoms with E-state index in [-0.39, 0.29) is 5.92 Å². The van der Waals surface area contributed by atoms with Gasteiger partial charge >= 0.3 is 0 Å². The van der Waals surface area contributed by atoms with Crippen LogP contribution in [0.25, 0.3) is 11.0 Å². The van der Waals surface area contributed by atoms with Crippen LogP contribution < -0.4 is 4.74 Å². The maximum atomic E-state index is 6.04. The molecule has 0 saturated heterocycles. The topological polar surface area (TPSA) is 27.1 Å². The highest BCUT2D eigenvalue weighted by Gasteiger charge is 2.18. The number of hydrogen-bond acceptors (Lipinski definition) is 2. The highest BCUT2D eigenvalue weighted by Crippen LogP contribution is 2.28. The zero-order valence-electron chi connectivity index (χ0n) is 21.3. The van der Waals surface area contributed by atoms with Crippen molar-refractivity contribution in [1.82, 2.24) is 9.55 Å². The standard InChI is InChI=1S/C31H38N2O/c1-22(2)18-26-12-14-27(15-13-26)25(5)31-32-29-10-6-7-11-30(29)33(31)16-8-9-17-34-28-20-23(3)19-24(4)21-28/h6-7,10-15,19-22,25H,8-9,16-18H2,1-5H3. The molecule has 0 aliphatic carbocycles. The van der Waals surface area contributed by atoms with Crippen molar-refractivity contribution in [3.63, 3.8) is 0 Å². The van der Waals surface area contributed by atoms with Gasteiger partial charge in [-0.15, -0.1) is 0 Å². The van der Waals surface area contributed by atoms with Gasteiger partial charge in [0.25, 0.3) is 0 Å². The summed E-state index contributed by atoms with van der Waals surface area (Å²) in [4.78, 5) is 5.06. The van der Waals surface area contributed by atoms with Crippen LogP contribution in [0.15, 0.2) is 66.7 Å². The summed E-state index contributed by atoms with van der Waals surface area (Å²) in [6.07, 6.45) is 3.19. The highest BCUT2D eigenvalue weighted by atomic mass is 16.5. The van der Waals surface area contributed by atoms with Gasteiger partial charge in [0.1, 0.15) is 11.6 Å². The molecule has 34 heavy (non-hydrogen) atoms. The maximum absolute atomic E-state index is 6.04. The fourth-order valence-electron chi connectivity index (χ4n) is 4.80. The lowest BCUT2D eigenvalue weighted by molar-refractivity contribution is 0.303. The van der Waals surface area contributed by atoms with Crippen LogP contribution in [0.3, 0.4) is 0 Å². The minimum Gasteiger partial charge on any atom is -0.494 e. The minimum atomic E-state index is 0.243. The SMILES string of the molecule is Cc1cc(C)cc(OCCCCn2c(C(C)c3ccc(CC(C)C)cc3)nc3ccccc32)c1. The molecule has 0 N–H and O–H groups in total. The molecule has 1 heterocycles. The summed E-state index contributed by atoms with van der Waals surface area (Å²) in [5.74, 6) is 3.03. The van der Waals surface area contributed by atoms with E-state index in [1.165, 1.54) is 27.8 Å². The molecule has 3 nitrogen and oxygen atoms in total. The van der Waals surface area contributed by atoms with E-state index < -0.39 is 0 Å². The van der Waals surface area contributed by atoms with Gasteiger partial charge in [0.05, 0.1) is 17.6 Å². The molecule has 3 heteroatoms. The fourth-order valence-corrected chi connectivity index (χ4v) is 4.80. The van der Waals surface area contributed by atoms with Gasteiger partial charge < -0.3 is 9.30 Å². The fraction of sp³-hybridized carbons (Fsp3) is 0.387. The Morgan fingerprint density at radius 3 is 2.26 bits per heavy atom. The first-order chi connectivity index (χ1) is 16.4. The Balaban J connectivity index is 1.45. The van der Waals surface area contributed by atoms with Crippen molar-refractivity contribution in [2.24, 2.45) is 5.92 Å². The average Bonchev–Trinajstić information content (AvgIpc) is 3.16. The van der Waals surface area contributed by atoms with Gasteiger partial charge in [-0.25, -0.2) is 4.98 Å². The predicted octanol–water partition coefficient (Wildman–Crippen LogP) is 7.86. The van der Waals surface area contributed by atoms with E-state index in [1.807, 2.05) is 0 Å². The van der Waals surface area contributed by atoms with E-state index in [2.05, 4.69) is 106 Å². The van der Waals surface area contributed by atoms with Crippen LogP contribution in [0.4, 0.5) is 0 Å². The summed E-state index contributed by atoms with van der Waals surface area (Å²) in [5.41, 5.74) is 7.51.